The standard InChI is InChI=1S/C16H23NO2/c1-4-18-14-7-8-17(3)13-10-19-15-9-11(2)5-6-12(15)16(13)14/h5-6,9,13-14,16H,4,7-8,10H2,1-3H3/t13-,14?,16-/m0/s1. The average Bonchev–Trinajstić information content (AvgIpc) is 2.41. The normalized spacial score (nSPS) is 30.4. The number of nitrogens with zero attached hydrogens (tertiary/aromatic N) is 1. The topological polar surface area (TPSA) is 21.7 Å². The minimum absolute atomic E-state index is 0.330. The molecule has 0 aliphatic carbocycles. The van der Waals surface area contributed by atoms with E-state index in [2.05, 4.69) is 44.0 Å². The Hall–Kier alpha value is -1.06. The third-order valence-corrected chi connectivity index (χ3v) is 4.47. The van der Waals surface area contributed by atoms with Gasteiger partial charge in [-0.3, -0.25) is 4.90 Å². The molecule has 1 aromatic rings. The van der Waals surface area contributed by atoms with Gasteiger partial charge in [-0.25, -0.2) is 0 Å². The molecule has 2 aliphatic heterocycles. The highest BCUT2D eigenvalue weighted by Gasteiger charge is 2.42. The summed E-state index contributed by atoms with van der Waals surface area (Å²) in [5.74, 6) is 1.50. The Kier molecular flexibility index (Phi) is 3.50. The van der Waals surface area contributed by atoms with Crippen LogP contribution in [0.25, 0.3) is 0 Å². The number of rotatable bonds is 2. The third kappa shape index (κ3) is 2.26. The van der Waals surface area contributed by atoms with Gasteiger partial charge in [-0.1, -0.05) is 12.1 Å². The molecule has 104 valence electrons. The molecule has 0 bridgehead atoms. The Labute approximate surface area is 115 Å². The predicted octanol–water partition coefficient (Wildman–Crippen LogP) is 2.58. The van der Waals surface area contributed by atoms with Crippen LogP contribution in [-0.4, -0.2) is 43.9 Å². The summed E-state index contributed by atoms with van der Waals surface area (Å²) in [6.07, 6.45) is 1.44. The number of benzene rings is 1. The fraction of sp³-hybridized carbons (Fsp3) is 0.625. The second-order valence-corrected chi connectivity index (χ2v) is 5.71. The number of hydrogen-bond acceptors (Lipinski definition) is 3. The molecule has 0 spiro atoms. The van der Waals surface area contributed by atoms with Gasteiger partial charge in [0.1, 0.15) is 12.4 Å². The first kappa shape index (κ1) is 12.9. The van der Waals surface area contributed by atoms with Crippen LogP contribution >= 0.6 is 0 Å². The first-order valence-electron chi connectivity index (χ1n) is 7.26. The third-order valence-electron chi connectivity index (χ3n) is 4.47. The monoisotopic (exact) mass is 261 g/mol. The van der Waals surface area contributed by atoms with Gasteiger partial charge in [0.25, 0.3) is 0 Å². The summed E-state index contributed by atoms with van der Waals surface area (Å²) < 4.78 is 12.0. The van der Waals surface area contributed by atoms with E-state index in [1.165, 1.54) is 11.1 Å². The van der Waals surface area contributed by atoms with Gasteiger partial charge in [-0.15, -0.1) is 0 Å². The Morgan fingerprint density at radius 2 is 2.26 bits per heavy atom. The van der Waals surface area contributed by atoms with Crippen molar-refractivity contribution < 1.29 is 9.47 Å². The van der Waals surface area contributed by atoms with Gasteiger partial charge in [0.2, 0.25) is 0 Å². The van der Waals surface area contributed by atoms with Gasteiger partial charge >= 0.3 is 0 Å². The quantitative estimate of drug-likeness (QED) is 0.817. The highest BCUT2D eigenvalue weighted by Crippen LogP contribution is 2.42. The summed E-state index contributed by atoms with van der Waals surface area (Å²) in [4.78, 5) is 2.42. The van der Waals surface area contributed by atoms with Crippen LogP contribution in [0.1, 0.15) is 30.4 Å². The molecule has 2 aliphatic rings. The molecule has 3 heteroatoms. The average molecular weight is 261 g/mol. The van der Waals surface area contributed by atoms with E-state index >= 15 is 0 Å². The second-order valence-electron chi connectivity index (χ2n) is 5.71. The number of likely N-dealkylation sites (tertiary alicyclic amines) is 1. The number of fused-ring (bicyclic) bond motifs is 3. The Bertz CT molecular complexity index is 460. The summed E-state index contributed by atoms with van der Waals surface area (Å²) in [6, 6.07) is 7.01. The van der Waals surface area contributed by atoms with Crippen LogP contribution in [-0.2, 0) is 4.74 Å². The minimum atomic E-state index is 0.330. The van der Waals surface area contributed by atoms with Crippen molar-refractivity contribution in [3.05, 3.63) is 29.3 Å². The van der Waals surface area contributed by atoms with Gasteiger partial charge in [0, 0.05) is 24.6 Å². The van der Waals surface area contributed by atoms with E-state index in [0.29, 0.717) is 18.1 Å². The molecule has 0 N–H and O–H groups in total. The van der Waals surface area contributed by atoms with Crippen molar-refractivity contribution in [1.29, 1.82) is 0 Å². The fourth-order valence-electron chi connectivity index (χ4n) is 3.45. The number of piperidine rings is 1. The lowest BCUT2D eigenvalue weighted by atomic mass is 9.79. The zero-order valence-corrected chi connectivity index (χ0v) is 12.1. The minimum Gasteiger partial charge on any atom is -0.492 e. The molecule has 0 saturated carbocycles. The van der Waals surface area contributed by atoms with Crippen molar-refractivity contribution in [3.63, 3.8) is 0 Å². The van der Waals surface area contributed by atoms with Gasteiger partial charge in [-0.2, -0.15) is 0 Å². The first-order chi connectivity index (χ1) is 9.20. The molecule has 0 radical (unpaired) electrons. The highest BCUT2D eigenvalue weighted by molar-refractivity contribution is 5.43. The van der Waals surface area contributed by atoms with Crippen LogP contribution in [0.2, 0.25) is 0 Å². The molecule has 0 amide bonds. The summed E-state index contributed by atoms with van der Waals surface area (Å²) in [7, 11) is 2.20. The van der Waals surface area contributed by atoms with E-state index in [4.69, 9.17) is 9.47 Å². The summed E-state index contributed by atoms with van der Waals surface area (Å²) in [5.41, 5.74) is 2.58. The van der Waals surface area contributed by atoms with E-state index in [9.17, 15) is 0 Å². The number of ether oxygens (including phenoxy) is 2. The van der Waals surface area contributed by atoms with Crippen molar-refractivity contribution in [2.75, 3.05) is 26.8 Å². The largest absolute Gasteiger partial charge is 0.492 e. The highest BCUT2D eigenvalue weighted by atomic mass is 16.5. The van der Waals surface area contributed by atoms with Crippen molar-refractivity contribution in [3.8, 4) is 5.75 Å². The van der Waals surface area contributed by atoms with Crippen LogP contribution in [0.4, 0.5) is 0 Å². The lowest BCUT2D eigenvalue weighted by Crippen LogP contribution is -2.53. The second kappa shape index (κ2) is 5.14. The molecule has 3 nitrogen and oxygen atoms in total. The lowest BCUT2D eigenvalue weighted by molar-refractivity contribution is -0.0399. The van der Waals surface area contributed by atoms with E-state index in [1.54, 1.807) is 0 Å². The molecular weight excluding hydrogens is 238 g/mol. The maximum absolute atomic E-state index is 6.01. The molecule has 2 heterocycles. The molecule has 1 fully saturated rings. The fourth-order valence-corrected chi connectivity index (χ4v) is 3.45. The smallest absolute Gasteiger partial charge is 0.123 e. The zero-order chi connectivity index (χ0) is 13.4. The van der Waals surface area contributed by atoms with Gasteiger partial charge < -0.3 is 9.47 Å². The maximum atomic E-state index is 6.01. The number of hydrogen-bond donors (Lipinski definition) is 0. The van der Waals surface area contributed by atoms with Crippen molar-refractivity contribution >= 4 is 0 Å². The first-order valence-corrected chi connectivity index (χ1v) is 7.26. The van der Waals surface area contributed by atoms with Gasteiger partial charge in [0.15, 0.2) is 0 Å². The Balaban J connectivity index is 1.98. The van der Waals surface area contributed by atoms with Crippen LogP contribution in [0, 0.1) is 6.92 Å². The predicted molar refractivity (Wildman–Crippen MR) is 75.9 cm³/mol. The Morgan fingerprint density at radius 3 is 3.05 bits per heavy atom. The van der Waals surface area contributed by atoms with E-state index in [0.717, 1.165) is 31.9 Å². The van der Waals surface area contributed by atoms with Crippen molar-refractivity contribution in [2.45, 2.75) is 38.3 Å². The molecule has 1 saturated heterocycles. The lowest BCUT2D eigenvalue weighted by Gasteiger charge is -2.46. The number of aryl methyl sites for hydroxylation is 1. The molecule has 0 aromatic heterocycles. The molecular formula is C16H23NO2. The van der Waals surface area contributed by atoms with E-state index in [-0.39, 0.29) is 0 Å². The summed E-state index contributed by atoms with van der Waals surface area (Å²) in [6.45, 7) is 6.86. The van der Waals surface area contributed by atoms with Gasteiger partial charge in [-0.05, 0) is 38.9 Å². The summed E-state index contributed by atoms with van der Waals surface area (Å²) in [5, 5.41) is 0. The van der Waals surface area contributed by atoms with Crippen LogP contribution in [0.5, 0.6) is 5.75 Å². The molecule has 1 unspecified atom stereocenters. The van der Waals surface area contributed by atoms with Crippen LogP contribution in [0.3, 0.4) is 0 Å². The van der Waals surface area contributed by atoms with Crippen molar-refractivity contribution in [2.24, 2.45) is 0 Å². The van der Waals surface area contributed by atoms with E-state index in [1.807, 2.05) is 0 Å². The SMILES string of the molecule is CCOC1CCN(C)[C@H]2COc3cc(C)ccc3[C@H]12. The molecule has 1 aromatic carbocycles. The number of likely N-dealkylation sites (N-methyl/N-ethyl adjacent to an activating group) is 1. The maximum Gasteiger partial charge on any atom is 0.123 e. The van der Waals surface area contributed by atoms with E-state index < -0.39 is 0 Å². The molecule has 19 heavy (non-hydrogen) atoms. The molecule has 3 atom stereocenters. The van der Waals surface area contributed by atoms with Crippen LogP contribution in [0.15, 0.2) is 18.2 Å². The van der Waals surface area contributed by atoms with Gasteiger partial charge in [0.05, 0.1) is 12.1 Å². The van der Waals surface area contributed by atoms with Crippen LogP contribution < -0.4 is 4.74 Å². The summed E-state index contributed by atoms with van der Waals surface area (Å²) >= 11 is 0. The zero-order valence-electron chi connectivity index (χ0n) is 12.1. The Morgan fingerprint density at radius 1 is 1.42 bits per heavy atom. The molecule has 3 rings (SSSR count). The van der Waals surface area contributed by atoms with Crippen molar-refractivity contribution in [1.82, 2.24) is 4.90 Å².